The lowest BCUT2D eigenvalue weighted by Crippen LogP contribution is -2.17. The number of aryl methyl sites for hydroxylation is 1. The van der Waals surface area contributed by atoms with Crippen molar-refractivity contribution in [1.82, 2.24) is 5.43 Å². The normalized spacial score (nSPS) is 10.6. The van der Waals surface area contributed by atoms with Gasteiger partial charge in [-0.05, 0) is 48.9 Å². The molecule has 124 valence electrons. The molecule has 0 atom stereocenters. The first-order chi connectivity index (χ1) is 12.2. The van der Waals surface area contributed by atoms with Crippen LogP contribution in [0.4, 0.5) is 0 Å². The Morgan fingerprint density at radius 1 is 0.920 bits per heavy atom. The van der Waals surface area contributed by atoms with Crippen molar-refractivity contribution in [2.45, 2.75) is 6.92 Å². The van der Waals surface area contributed by atoms with Crippen LogP contribution in [0.25, 0.3) is 0 Å². The number of para-hydroxylation sites is 1. The first-order valence-electron chi connectivity index (χ1n) is 7.94. The Morgan fingerprint density at radius 3 is 2.40 bits per heavy atom. The zero-order valence-electron chi connectivity index (χ0n) is 13.8. The van der Waals surface area contributed by atoms with Crippen LogP contribution in [0.5, 0.6) is 11.5 Å². The highest BCUT2D eigenvalue weighted by molar-refractivity contribution is 5.94. The number of hydrogen-bond acceptors (Lipinski definition) is 3. The van der Waals surface area contributed by atoms with Crippen molar-refractivity contribution in [1.29, 1.82) is 0 Å². The van der Waals surface area contributed by atoms with Crippen molar-refractivity contribution >= 4 is 12.1 Å². The van der Waals surface area contributed by atoms with Gasteiger partial charge in [-0.2, -0.15) is 5.10 Å². The summed E-state index contributed by atoms with van der Waals surface area (Å²) >= 11 is 0. The van der Waals surface area contributed by atoms with E-state index in [0.29, 0.717) is 11.3 Å². The predicted molar refractivity (Wildman–Crippen MR) is 99.2 cm³/mol. The van der Waals surface area contributed by atoms with Gasteiger partial charge in [-0.3, -0.25) is 4.79 Å². The third-order valence-corrected chi connectivity index (χ3v) is 3.53. The van der Waals surface area contributed by atoms with Gasteiger partial charge in [-0.15, -0.1) is 0 Å². The number of hydrogen-bond donors (Lipinski definition) is 1. The molecule has 4 heteroatoms. The molecule has 25 heavy (non-hydrogen) atoms. The summed E-state index contributed by atoms with van der Waals surface area (Å²) in [5.41, 5.74) is 5.04. The van der Waals surface area contributed by atoms with Gasteiger partial charge in [-0.1, -0.05) is 48.0 Å². The van der Waals surface area contributed by atoms with Gasteiger partial charge < -0.3 is 4.74 Å². The average Bonchev–Trinajstić information content (AvgIpc) is 2.63. The van der Waals surface area contributed by atoms with E-state index in [2.05, 4.69) is 10.5 Å². The summed E-state index contributed by atoms with van der Waals surface area (Å²) in [6.45, 7) is 1.98. The van der Waals surface area contributed by atoms with Crippen molar-refractivity contribution in [2.75, 3.05) is 0 Å². The minimum absolute atomic E-state index is 0.243. The van der Waals surface area contributed by atoms with Crippen LogP contribution >= 0.6 is 0 Å². The molecule has 4 nitrogen and oxygen atoms in total. The topological polar surface area (TPSA) is 50.7 Å². The van der Waals surface area contributed by atoms with Gasteiger partial charge in [0.05, 0.1) is 6.21 Å². The third kappa shape index (κ3) is 4.78. The molecule has 3 rings (SSSR count). The number of hydrazone groups is 1. The van der Waals surface area contributed by atoms with E-state index < -0.39 is 0 Å². The number of benzene rings is 3. The fraction of sp³-hybridized carbons (Fsp3) is 0.0476. The fourth-order valence-corrected chi connectivity index (χ4v) is 2.22. The molecule has 1 amide bonds. The predicted octanol–water partition coefficient (Wildman–Crippen LogP) is 4.55. The maximum absolute atomic E-state index is 12.0. The van der Waals surface area contributed by atoms with Crippen LogP contribution in [-0.4, -0.2) is 12.1 Å². The van der Waals surface area contributed by atoms with Gasteiger partial charge in [0, 0.05) is 5.56 Å². The molecule has 0 unspecified atom stereocenters. The zero-order valence-corrected chi connectivity index (χ0v) is 13.8. The van der Waals surface area contributed by atoms with E-state index in [1.165, 1.54) is 0 Å². The molecule has 0 heterocycles. The number of nitrogens with one attached hydrogen (secondary N) is 1. The maximum atomic E-state index is 12.0. The van der Waals surface area contributed by atoms with Crippen molar-refractivity contribution in [3.8, 4) is 11.5 Å². The lowest BCUT2D eigenvalue weighted by atomic mass is 10.1. The SMILES string of the molecule is Cc1ccc(C(=O)NN=Cc2cccc(Oc3ccccc3)c2)cc1. The number of rotatable bonds is 5. The highest BCUT2D eigenvalue weighted by Gasteiger charge is 2.03. The van der Waals surface area contributed by atoms with Crippen LogP contribution in [0.15, 0.2) is 84.0 Å². The van der Waals surface area contributed by atoms with E-state index in [4.69, 9.17) is 4.74 Å². The maximum Gasteiger partial charge on any atom is 0.271 e. The highest BCUT2D eigenvalue weighted by Crippen LogP contribution is 2.21. The standard InChI is InChI=1S/C21H18N2O2/c1-16-10-12-18(13-11-16)21(24)23-22-15-17-6-5-9-20(14-17)25-19-7-3-2-4-8-19/h2-15H,1H3,(H,23,24). The number of nitrogens with zero attached hydrogens (tertiary/aromatic N) is 1. The van der Waals surface area contributed by atoms with Crippen molar-refractivity contribution in [2.24, 2.45) is 5.10 Å². The van der Waals surface area contributed by atoms with E-state index in [9.17, 15) is 4.79 Å². The molecule has 1 N–H and O–H groups in total. The van der Waals surface area contributed by atoms with E-state index in [0.717, 1.165) is 16.9 Å². The van der Waals surface area contributed by atoms with Gasteiger partial charge in [-0.25, -0.2) is 5.43 Å². The molecule has 0 radical (unpaired) electrons. The molecular weight excluding hydrogens is 312 g/mol. The first-order valence-corrected chi connectivity index (χ1v) is 7.94. The van der Waals surface area contributed by atoms with Gasteiger partial charge in [0.2, 0.25) is 0 Å². The largest absolute Gasteiger partial charge is 0.457 e. The second kappa shape index (κ2) is 7.93. The number of carbonyl (C=O) groups excluding carboxylic acids is 1. The van der Waals surface area contributed by atoms with Crippen LogP contribution in [0, 0.1) is 6.92 Å². The lowest BCUT2D eigenvalue weighted by Gasteiger charge is -2.05. The number of amides is 1. The van der Waals surface area contributed by atoms with Crippen molar-refractivity contribution in [3.05, 3.63) is 95.6 Å². The molecule has 0 saturated carbocycles. The second-order valence-electron chi connectivity index (χ2n) is 5.55. The molecule has 0 spiro atoms. The quantitative estimate of drug-likeness (QED) is 0.551. The Labute approximate surface area is 146 Å². The molecule has 0 fully saturated rings. The van der Waals surface area contributed by atoms with Gasteiger partial charge >= 0.3 is 0 Å². The number of ether oxygens (including phenoxy) is 1. The van der Waals surface area contributed by atoms with Crippen LogP contribution in [0.1, 0.15) is 21.5 Å². The monoisotopic (exact) mass is 330 g/mol. The Kier molecular flexibility index (Phi) is 5.22. The third-order valence-electron chi connectivity index (χ3n) is 3.53. The average molecular weight is 330 g/mol. The van der Waals surface area contributed by atoms with Crippen LogP contribution in [-0.2, 0) is 0 Å². The summed E-state index contributed by atoms with van der Waals surface area (Å²) < 4.78 is 5.78. The summed E-state index contributed by atoms with van der Waals surface area (Å²) in [4.78, 5) is 12.0. The molecule has 3 aromatic rings. The first kappa shape index (κ1) is 16.5. The van der Waals surface area contributed by atoms with E-state index in [1.807, 2.05) is 73.7 Å². The minimum Gasteiger partial charge on any atom is -0.457 e. The lowest BCUT2D eigenvalue weighted by molar-refractivity contribution is 0.0955. The number of carbonyl (C=O) groups is 1. The molecule has 0 aliphatic heterocycles. The van der Waals surface area contributed by atoms with Crippen LogP contribution in [0.2, 0.25) is 0 Å². The summed E-state index contributed by atoms with van der Waals surface area (Å²) in [6.07, 6.45) is 1.59. The van der Waals surface area contributed by atoms with Crippen LogP contribution in [0.3, 0.4) is 0 Å². The van der Waals surface area contributed by atoms with Crippen molar-refractivity contribution < 1.29 is 9.53 Å². The molecule has 0 saturated heterocycles. The van der Waals surface area contributed by atoms with Crippen molar-refractivity contribution in [3.63, 3.8) is 0 Å². The summed E-state index contributed by atoms with van der Waals surface area (Å²) in [7, 11) is 0. The van der Waals surface area contributed by atoms with E-state index >= 15 is 0 Å². The summed E-state index contributed by atoms with van der Waals surface area (Å²) in [6, 6.07) is 24.4. The van der Waals surface area contributed by atoms with E-state index in [1.54, 1.807) is 18.3 Å². The Balaban J connectivity index is 1.62. The molecule has 0 bridgehead atoms. The Bertz CT molecular complexity index is 872. The molecule has 0 aliphatic carbocycles. The Morgan fingerprint density at radius 2 is 1.64 bits per heavy atom. The van der Waals surface area contributed by atoms with Gasteiger partial charge in [0.25, 0.3) is 5.91 Å². The van der Waals surface area contributed by atoms with Gasteiger partial charge in [0.15, 0.2) is 0 Å². The second-order valence-corrected chi connectivity index (χ2v) is 5.55. The molecule has 0 aliphatic rings. The zero-order chi connectivity index (χ0) is 17.5. The Hall–Kier alpha value is -3.40. The molecule has 0 aromatic heterocycles. The minimum atomic E-state index is -0.243. The van der Waals surface area contributed by atoms with Gasteiger partial charge in [0.1, 0.15) is 11.5 Å². The fourth-order valence-electron chi connectivity index (χ4n) is 2.22. The smallest absolute Gasteiger partial charge is 0.271 e. The molecular formula is C21H18N2O2. The summed E-state index contributed by atoms with van der Waals surface area (Å²) in [5, 5.41) is 4.01. The van der Waals surface area contributed by atoms with E-state index in [-0.39, 0.29) is 5.91 Å². The summed E-state index contributed by atoms with van der Waals surface area (Å²) in [5.74, 6) is 1.23. The highest BCUT2D eigenvalue weighted by atomic mass is 16.5. The molecule has 3 aromatic carbocycles. The van der Waals surface area contributed by atoms with Crippen LogP contribution < -0.4 is 10.2 Å².